The van der Waals surface area contributed by atoms with Crippen LogP contribution in [0.5, 0.6) is 0 Å². The molecule has 1 aliphatic carbocycles. The third-order valence-corrected chi connectivity index (χ3v) is 6.16. The summed E-state index contributed by atoms with van der Waals surface area (Å²) < 4.78 is 7.45. The van der Waals surface area contributed by atoms with Crippen LogP contribution in [0, 0.1) is 19.8 Å². The summed E-state index contributed by atoms with van der Waals surface area (Å²) >= 11 is 0. The second-order valence-corrected chi connectivity index (χ2v) is 9.33. The summed E-state index contributed by atoms with van der Waals surface area (Å²) in [5.41, 5.74) is 2.81. The van der Waals surface area contributed by atoms with Crippen molar-refractivity contribution in [2.75, 3.05) is 0 Å². The van der Waals surface area contributed by atoms with Crippen molar-refractivity contribution >= 4 is 11.8 Å². The number of benzene rings is 1. The van der Waals surface area contributed by atoms with E-state index in [0.29, 0.717) is 37.5 Å². The number of aryl methyl sites for hydroxylation is 3. The Kier molecular flexibility index (Phi) is 7.09. The molecular formula is C25H32N6O3. The first kappa shape index (κ1) is 23.7. The minimum atomic E-state index is -0.264. The molecule has 0 radical (unpaired) electrons. The lowest BCUT2D eigenvalue weighted by Gasteiger charge is -2.18. The highest BCUT2D eigenvalue weighted by Gasteiger charge is 2.42. The van der Waals surface area contributed by atoms with Gasteiger partial charge < -0.3 is 15.2 Å². The van der Waals surface area contributed by atoms with Crippen LogP contribution in [0.15, 0.2) is 40.9 Å². The fourth-order valence-corrected chi connectivity index (χ4v) is 4.56. The smallest absolute Gasteiger partial charge is 0.232 e. The fraction of sp³-hybridized carbons (Fsp3) is 0.480. The molecule has 9 heteroatoms. The standard InChI is InChI=1S/C25H32N6O3/c1-15(2)26-24(33)19-13-20(25-28-23(30-34-25)18-8-6-5-7-9-18)21(14-19)27-22(32)10-11-31-17(4)12-16(3)29-31/h5-9,12,15,19-21H,10-11,13-14H2,1-4H3,(H,26,33)(H,27,32)/t19-,20-,21+/m1/s1. The van der Waals surface area contributed by atoms with Crippen molar-refractivity contribution in [1.82, 2.24) is 30.6 Å². The van der Waals surface area contributed by atoms with Gasteiger partial charge in [0.15, 0.2) is 0 Å². The predicted molar refractivity (Wildman–Crippen MR) is 127 cm³/mol. The van der Waals surface area contributed by atoms with Crippen LogP contribution in [0.25, 0.3) is 11.4 Å². The zero-order valence-corrected chi connectivity index (χ0v) is 20.1. The van der Waals surface area contributed by atoms with E-state index in [9.17, 15) is 9.59 Å². The third-order valence-electron chi connectivity index (χ3n) is 6.16. The van der Waals surface area contributed by atoms with Gasteiger partial charge in [-0.25, -0.2) is 0 Å². The summed E-state index contributed by atoms with van der Waals surface area (Å²) in [4.78, 5) is 30.2. The molecule has 0 spiro atoms. The van der Waals surface area contributed by atoms with Gasteiger partial charge in [-0.15, -0.1) is 0 Å². The molecule has 1 saturated carbocycles. The Hall–Kier alpha value is -3.49. The number of hydrogen-bond acceptors (Lipinski definition) is 6. The van der Waals surface area contributed by atoms with Gasteiger partial charge in [-0.3, -0.25) is 14.3 Å². The monoisotopic (exact) mass is 464 g/mol. The third kappa shape index (κ3) is 5.52. The molecule has 0 saturated heterocycles. The molecule has 0 unspecified atom stereocenters. The molecule has 0 bridgehead atoms. The molecule has 2 amide bonds. The van der Waals surface area contributed by atoms with E-state index in [2.05, 4.69) is 25.9 Å². The molecule has 1 aliphatic rings. The van der Waals surface area contributed by atoms with Crippen molar-refractivity contribution in [3.8, 4) is 11.4 Å². The van der Waals surface area contributed by atoms with Gasteiger partial charge in [0, 0.05) is 42.2 Å². The van der Waals surface area contributed by atoms with Gasteiger partial charge in [-0.1, -0.05) is 35.5 Å². The Morgan fingerprint density at radius 2 is 1.94 bits per heavy atom. The molecule has 3 aromatic rings. The van der Waals surface area contributed by atoms with Crippen molar-refractivity contribution in [2.24, 2.45) is 5.92 Å². The van der Waals surface area contributed by atoms with E-state index < -0.39 is 0 Å². The first-order valence-corrected chi connectivity index (χ1v) is 11.8. The van der Waals surface area contributed by atoms with Gasteiger partial charge in [0.05, 0.1) is 11.6 Å². The fourth-order valence-electron chi connectivity index (χ4n) is 4.56. The Bertz CT molecular complexity index is 1140. The van der Waals surface area contributed by atoms with Crippen molar-refractivity contribution in [3.05, 3.63) is 53.7 Å². The van der Waals surface area contributed by atoms with Crippen LogP contribution < -0.4 is 10.6 Å². The molecule has 0 aliphatic heterocycles. The highest BCUT2D eigenvalue weighted by Crippen LogP contribution is 2.39. The lowest BCUT2D eigenvalue weighted by Crippen LogP contribution is -2.38. The van der Waals surface area contributed by atoms with E-state index >= 15 is 0 Å². The molecule has 180 valence electrons. The summed E-state index contributed by atoms with van der Waals surface area (Å²) in [7, 11) is 0. The van der Waals surface area contributed by atoms with E-state index in [1.807, 2.05) is 68.8 Å². The minimum absolute atomic E-state index is 0.0119. The van der Waals surface area contributed by atoms with Crippen molar-refractivity contribution in [2.45, 2.75) is 71.5 Å². The number of amides is 2. The van der Waals surface area contributed by atoms with Crippen LogP contribution in [0.2, 0.25) is 0 Å². The van der Waals surface area contributed by atoms with E-state index in [1.165, 1.54) is 0 Å². The number of rotatable bonds is 8. The minimum Gasteiger partial charge on any atom is -0.354 e. The second-order valence-electron chi connectivity index (χ2n) is 9.33. The molecule has 34 heavy (non-hydrogen) atoms. The first-order chi connectivity index (χ1) is 16.3. The Morgan fingerprint density at radius 3 is 2.62 bits per heavy atom. The van der Waals surface area contributed by atoms with Crippen LogP contribution in [-0.2, 0) is 16.1 Å². The number of carbonyl (C=O) groups is 2. The molecule has 9 nitrogen and oxygen atoms in total. The van der Waals surface area contributed by atoms with Crippen LogP contribution in [0.3, 0.4) is 0 Å². The average molecular weight is 465 g/mol. The average Bonchev–Trinajstić information content (AvgIpc) is 3.51. The van der Waals surface area contributed by atoms with Crippen molar-refractivity contribution in [3.63, 3.8) is 0 Å². The quantitative estimate of drug-likeness (QED) is 0.529. The van der Waals surface area contributed by atoms with Gasteiger partial charge in [-0.05, 0) is 46.6 Å². The summed E-state index contributed by atoms with van der Waals surface area (Å²) in [6.07, 6.45) is 1.36. The number of nitrogens with one attached hydrogen (secondary N) is 2. The molecule has 4 rings (SSSR count). The zero-order valence-electron chi connectivity index (χ0n) is 20.1. The first-order valence-electron chi connectivity index (χ1n) is 11.8. The Morgan fingerprint density at radius 1 is 1.18 bits per heavy atom. The Labute approximate surface area is 199 Å². The van der Waals surface area contributed by atoms with Crippen LogP contribution in [-0.4, -0.2) is 43.8 Å². The number of carbonyl (C=O) groups excluding carboxylic acids is 2. The molecular weight excluding hydrogens is 432 g/mol. The summed E-state index contributed by atoms with van der Waals surface area (Å²) in [5.74, 6) is 0.381. The van der Waals surface area contributed by atoms with Gasteiger partial charge in [0.1, 0.15) is 0 Å². The second kappa shape index (κ2) is 10.2. The number of aromatic nitrogens is 4. The van der Waals surface area contributed by atoms with Gasteiger partial charge >= 0.3 is 0 Å². The zero-order chi connectivity index (χ0) is 24.2. The van der Waals surface area contributed by atoms with Crippen LogP contribution >= 0.6 is 0 Å². The van der Waals surface area contributed by atoms with Crippen molar-refractivity contribution in [1.29, 1.82) is 0 Å². The number of nitrogens with zero attached hydrogens (tertiary/aromatic N) is 4. The maximum Gasteiger partial charge on any atom is 0.232 e. The highest BCUT2D eigenvalue weighted by atomic mass is 16.5. The summed E-state index contributed by atoms with van der Waals surface area (Å²) in [5, 5.41) is 14.7. The molecule has 1 aromatic carbocycles. The lowest BCUT2D eigenvalue weighted by molar-refractivity contribution is -0.126. The normalized spacial score (nSPS) is 20.0. The van der Waals surface area contributed by atoms with E-state index in [4.69, 9.17) is 4.52 Å². The van der Waals surface area contributed by atoms with E-state index in [0.717, 1.165) is 17.0 Å². The molecule has 1 fully saturated rings. The predicted octanol–water partition coefficient (Wildman–Crippen LogP) is 3.14. The lowest BCUT2D eigenvalue weighted by atomic mass is 10.0. The van der Waals surface area contributed by atoms with Gasteiger partial charge in [-0.2, -0.15) is 10.1 Å². The molecule has 2 aromatic heterocycles. The summed E-state index contributed by atoms with van der Waals surface area (Å²) in [6.45, 7) is 8.28. The maximum absolute atomic E-state index is 12.8. The number of hydrogen-bond donors (Lipinski definition) is 2. The van der Waals surface area contributed by atoms with Crippen LogP contribution in [0.4, 0.5) is 0 Å². The van der Waals surface area contributed by atoms with E-state index in [1.54, 1.807) is 0 Å². The largest absolute Gasteiger partial charge is 0.354 e. The topological polar surface area (TPSA) is 115 Å². The van der Waals surface area contributed by atoms with Crippen molar-refractivity contribution < 1.29 is 14.1 Å². The van der Waals surface area contributed by atoms with E-state index in [-0.39, 0.29) is 35.7 Å². The van der Waals surface area contributed by atoms with Gasteiger partial charge in [0.2, 0.25) is 23.5 Å². The summed E-state index contributed by atoms with van der Waals surface area (Å²) in [6, 6.07) is 11.4. The SMILES string of the molecule is Cc1cc(C)n(CCC(=O)N[C@H]2C[C@H](C(=O)NC(C)C)C[C@H]2c2nc(-c3ccccc3)no2)n1. The molecule has 2 heterocycles. The Balaban J connectivity index is 1.48. The van der Waals surface area contributed by atoms with Gasteiger partial charge in [0.25, 0.3) is 0 Å². The maximum atomic E-state index is 12.8. The van der Waals surface area contributed by atoms with Crippen LogP contribution in [0.1, 0.15) is 56.3 Å². The molecule has 2 N–H and O–H groups in total. The highest BCUT2D eigenvalue weighted by molar-refractivity contribution is 5.80. The molecule has 3 atom stereocenters.